The van der Waals surface area contributed by atoms with Crippen molar-refractivity contribution in [3.05, 3.63) is 89.5 Å². The number of nitrogens with zero attached hydrogens (tertiary/aromatic N) is 6. The molecule has 3 aromatic carbocycles. The first-order valence-electron chi connectivity index (χ1n) is 14.7. The Morgan fingerprint density at radius 3 is 2.59 bits per heavy atom. The molecule has 2 saturated heterocycles. The van der Waals surface area contributed by atoms with E-state index < -0.39 is 5.54 Å². The van der Waals surface area contributed by atoms with Crippen LogP contribution in [0.15, 0.2) is 66.9 Å². The van der Waals surface area contributed by atoms with Crippen molar-refractivity contribution >= 4 is 22.4 Å². The van der Waals surface area contributed by atoms with E-state index in [1.807, 2.05) is 35.0 Å². The van der Waals surface area contributed by atoms with Gasteiger partial charge in [-0.25, -0.2) is 4.39 Å². The van der Waals surface area contributed by atoms with Crippen LogP contribution in [0.1, 0.15) is 42.1 Å². The number of anilines is 1. The molecule has 9 heteroatoms. The minimum absolute atomic E-state index is 0.188. The van der Waals surface area contributed by atoms with Crippen LogP contribution in [0.2, 0.25) is 0 Å². The molecule has 1 aromatic heterocycles. The molecule has 41 heavy (non-hydrogen) atoms. The largest absolute Gasteiger partial charge is 0.339 e. The number of carbonyl (C=O) groups excluding carboxylic acids is 1. The number of hydrogen-bond acceptors (Lipinski definition) is 6. The molecule has 1 aliphatic carbocycles. The van der Waals surface area contributed by atoms with E-state index in [1.165, 1.54) is 34.0 Å². The average Bonchev–Trinajstić information content (AvgIpc) is 3.67. The fourth-order valence-corrected chi connectivity index (χ4v) is 7.27. The van der Waals surface area contributed by atoms with Gasteiger partial charge in [-0.2, -0.15) is 0 Å². The molecular formula is C32H36FN7O. The Morgan fingerprint density at radius 1 is 1.02 bits per heavy atom. The summed E-state index contributed by atoms with van der Waals surface area (Å²) in [6.07, 6.45) is 5.26. The van der Waals surface area contributed by atoms with Crippen molar-refractivity contribution in [2.24, 2.45) is 0 Å². The van der Waals surface area contributed by atoms with Crippen molar-refractivity contribution in [3.8, 4) is 0 Å². The number of aryl methyl sites for hydroxylation is 1. The zero-order valence-electron chi connectivity index (χ0n) is 23.5. The maximum atomic E-state index is 14.2. The van der Waals surface area contributed by atoms with Crippen molar-refractivity contribution in [2.45, 2.75) is 50.4 Å². The summed E-state index contributed by atoms with van der Waals surface area (Å²) in [7, 11) is 1.89. The summed E-state index contributed by atoms with van der Waals surface area (Å²) in [6.45, 7) is 4.23. The molecule has 2 aliphatic heterocycles. The summed E-state index contributed by atoms with van der Waals surface area (Å²) in [5.41, 5.74) is 4.03. The van der Waals surface area contributed by atoms with Crippen LogP contribution in [0.3, 0.4) is 0 Å². The average molecular weight is 554 g/mol. The van der Waals surface area contributed by atoms with E-state index in [9.17, 15) is 9.18 Å². The molecule has 4 aromatic rings. The molecule has 7 rings (SSSR count). The van der Waals surface area contributed by atoms with E-state index in [1.54, 1.807) is 0 Å². The maximum absolute atomic E-state index is 14.2. The van der Waals surface area contributed by atoms with Gasteiger partial charge >= 0.3 is 0 Å². The molecule has 0 unspecified atom stereocenters. The van der Waals surface area contributed by atoms with E-state index in [0.717, 1.165) is 50.2 Å². The Kier molecular flexibility index (Phi) is 6.71. The summed E-state index contributed by atoms with van der Waals surface area (Å²) in [5.74, 6) is -0.0757. The lowest BCUT2D eigenvalue weighted by atomic mass is 9.84. The standard InChI is InChI=1S/C32H36FN7O/c1-34-20-26-21-39(36-35-26)16-4-15-38-22-40(27-11-9-25(33)10-12-27)32(31(38)41)13-17-37(18-14-32)29-19-24-7-2-5-23-6-3-8-28(29)30(23)24/h2-3,5-12,21,29,34H,4,13-20,22H2,1H3/t29-/m1/s1. The monoisotopic (exact) mass is 553 g/mol. The third-order valence-corrected chi connectivity index (χ3v) is 9.27. The Bertz CT molecular complexity index is 1550. The summed E-state index contributed by atoms with van der Waals surface area (Å²) in [4.78, 5) is 21.0. The van der Waals surface area contributed by atoms with Gasteiger partial charge < -0.3 is 15.1 Å². The quantitative estimate of drug-likeness (QED) is 0.354. The van der Waals surface area contributed by atoms with E-state index in [0.29, 0.717) is 32.3 Å². The van der Waals surface area contributed by atoms with Crippen LogP contribution >= 0.6 is 0 Å². The Hall–Kier alpha value is -3.82. The normalized spacial score (nSPS) is 20.1. The number of piperidine rings is 1. The second kappa shape index (κ2) is 10.5. The van der Waals surface area contributed by atoms with Gasteiger partial charge in [0.1, 0.15) is 11.4 Å². The lowest BCUT2D eigenvalue weighted by Crippen LogP contribution is -2.57. The van der Waals surface area contributed by atoms with Crippen LogP contribution in [0.5, 0.6) is 0 Å². The molecule has 1 spiro atoms. The highest BCUT2D eigenvalue weighted by Gasteiger charge is 2.54. The first kappa shape index (κ1) is 26.1. The van der Waals surface area contributed by atoms with Gasteiger partial charge in [0.15, 0.2) is 0 Å². The molecule has 8 nitrogen and oxygen atoms in total. The molecule has 3 aliphatic rings. The van der Waals surface area contributed by atoms with Crippen LogP contribution in [-0.2, 0) is 24.3 Å². The molecule has 1 amide bonds. The summed E-state index contributed by atoms with van der Waals surface area (Å²) < 4.78 is 15.7. The Labute approximate surface area is 239 Å². The fraction of sp³-hybridized carbons (Fsp3) is 0.406. The molecule has 212 valence electrons. The molecule has 0 radical (unpaired) electrons. The van der Waals surface area contributed by atoms with Crippen LogP contribution in [-0.4, -0.2) is 69.6 Å². The van der Waals surface area contributed by atoms with Crippen LogP contribution in [0.4, 0.5) is 10.1 Å². The lowest BCUT2D eigenvalue weighted by molar-refractivity contribution is -0.133. The van der Waals surface area contributed by atoms with Crippen molar-refractivity contribution in [3.63, 3.8) is 0 Å². The maximum Gasteiger partial charge on any atom is 0.250 e. The van der Waals surface area contributed by atoms with Crippen LogP contribution < -0.4 is 10.2 Å². The Morgan fingerprint density at radius 2 is 1.80 bits per heavy atom. The Balaban J connectivity index is 1.09. The second-order valence-electron chi connectivity index (χ2n) is 11.6. The topological polar surface area (TPSA) is 69.5 Å². The number of likely N-dealkylation sites (tertiary alicyclic amines) is 1. The number of rotatable bonds is 8. The highest BCUT2D eigenvalue weighted by molar-refractivity contribution is 5.94. The number of carbonyl (C=O) groups is 1. The van der Waals surface area contributed by atoms with Gasteiger partial charge in [0.2, 0.25) is 5.91 Å². The number of benzene rings is 3. The smallest absolute Gasteiger partial charge is 0.250 e. The van der Waals surface area contributed by atoms with Crippen molar-refractivity contribution in [1.29, 1.82) is 0 Å². The third kappa shape index (κ3) is 4.57. The highest BCUT2D eigenvalue weighted by Crippen LogP contribution is 2.45. The molecule has 0 saturated carbocycles. The molecule has 2 fully saturated rings. The van der Waals surface area contributed by atoms with Gasteiger partial charge in [0.05, 0.1) is 12.4 Å². The third-order valence-electron chi connectivity index (χ3n) is 9.27. The van der Waals surface area contributed by atoms with Crippen molar-refractivity contribution in [1.82, 2.24) is 30.1 Å². The molecule has 1 N–H and O–H groups in total. The minimum atomic E-state index is -0.612. The second-order valence-corrected chi connectivity index (χ2v) is 11.6. The highest BCUT2D eigenvalue weighted by atomic mass is 19.1. The van der Waals surface area contributed by atoms with E-state index >= 15 is 0 Å². The van der Waals surface area contributed by atoms with Gasteiger partial charge in [-0.15, -0.1) is 5.10 Å². The van der Waals surface area contributed by atoms with Gasteiger partial charge in [-0.3, -0.25) is 14.4 Å². The van der Waals surface area contributed by atoms with Gasteiger partial charge in [0.25, 0.3) is 0 Å². The van der Waals surface area contributed by atoms with Gasteiger partial charge in [-0.1, -0.05) is 41.6 Å². The van der Waals surface area contributed by atoms with E-state index in [2.05, 4.69) is 61.8 Å². The number of halogens is 1. The first-order chi connectivity index (χ1) is 20.1. The van der Waals surface area contributed by atoms with Crippen molar-refractivity contribution < 1.29 is 9.18 Å². The molecule has 3 heterocycles. The number of nitrogens with one attached hydrogen (secondary N) is 1. The fourth-order valence-electron chi connectivity index (χ4n) is 7.27. The first-order valence-corrected chi connectivity index (χ1v) is 14.7. The molecule has 0 bridgehead atoms. The van der Waals surface area contributed by atoms with E-state index in [4.69, 9.17) is 0 Å². The SMILES string of the molecule is CNCc1cn(CCCN2CN(c3ccc(F)cc3)C3(CCN([C@@H]4Cc5cccc6cccc4c56)CC3)C2=O)nn1. The summed E-state index contributed by atoms with van der Waals surface area (Å²) in [5, 5.41) is 14.2. The zero-order valence-corrected chi connectivity index (χ0v) is 23.5. The molecule has 1 atom stereocenters. The number of aromatic nitrogens is 3. The number of amides is 1. The predicted octanol–water partition coefficient (Wildman–Crippen LogP) is 4.12. The zero-order chi connectivity index (χ0) is 28.0. The van der Waals surface area contributed by atoms with E-state index in [-0.39, 0.29) is 11.7 Å². The summed E-state index contributed by atoms with van der Waals surface area (Å²) >= 11 is 0. The van der Waals surface area contributed by atoms with Crippen LogP contribution in [0, 0.1) is 5.82 Å². The van der Waals surface area contributed by atoms with Gasteiger partial charge in [0, 0.05) is 50.6 Å². The van der Waals surface area contributed by atoms with Crippen molar-refractivity contribution in [2.75, 3.05) is 38.3 Å². The van der Waals surface area contributed by atoms with Gasteiger partial charge in [-0.05, 0) is 78.9 Å². The number of hydrogen-bond donors (Lipinski definition) is 1. The molecular weight excluding hydrogens is 517 g/mol. The minimum Gasteiger partial charge on any atom is -0.339 e. The lowest BCUT2D eigenvalue weighted by Gasteiger charge is -2.45. The van der Waals surface area contributed by atoms with Crippen LogP contribution in [0.25, 0.3) is 10.8 Å². The predicted molar refractivity (Wildman–Crippen MR) is 157 cm³/mol. The summed E-state index contributed by atoms with van der Waals surface area (Å²) in [6, 6.07) is 20.2.